The average molecular weight is 411 g/mol. The van der Waals surface area contributed by atoms with E-state index in [0.717, 1.165) is 34.6 Å². The third-order valence-corrected chi connectivity index (χ3v) is 4.40. The van der Waals surface area contributed by atoms with Crippen molar-refractivity contribution in [3.05, 3.63) is 84.2 Å². The van der Waals surface area contributed by atoms with Gasteiger partial charge in [-0.15, -0.1) is 13.2 Å². The molecule has 0 atom stereocenters. The van der Waals surface area contributed by atoms with E-state index in [-0.39, 0.29) is 11.3 Å². The second kappa shape index (κ2) is 7.55. The molecule has 4 rings (SSSR count). The molecular weight excluding hydrogens is 395 g/mol. The van der Waals surface area contributed by atoms with Gasteiger partial charge in [-0.1, -0.05) is 12.1 Å². The number of imidazole rings is 1. The van der Waals surface area contributed by atoms with Crippen molar-refractivity contribution >= 4 is 17.2 Å². The first-order chi connectivity index (χ1) is 14.3. The Kier molecular flexibility index (Phi) is 4.91. The van der Waals surface area contributed by atoms with Gasteiger partial charge in [-0.25, -0.2) is 4.98 Å². The van der Waals surface area contributed by atoms with Gasteiger partial charge in [0, 0.05) is 29.2 Å². The Morgan fingerprint density at radius 2 is 1.73 bits per heavy atom. The minimum Gasteiger partial charge on any atom is -0.406 e. The molecule has 0 spiro atoms. The van der Waals surface area contributed by atoms with E-state index in [1.54, 1.807) is 12.1 Å². The summed E-state index contributed by atoms with van der Waals surface area (Å²) in [6.07, 6.45) is -0.904. The number of alkyl halides is 3. The fraction of sp³-hybridized carbons (Fsp3) is 0.0909. The number of amides is 1. The zero-order chi connectivity index (χ0) is 21.3. The van der Waals surface area contributed by atoms with Crippen molar-refractivity contribution in [1.82, 2.24) is 9.38 Å². The third kappa shape index (κ3) is 4.43. The molecule has 30 heavy (non-hydrogen) atoms. The fourth-order valence-electron chi connectivity index (χ4n) is 2.96. The van der Waals surface area contributed by atoms with Gasteiger partial charge in [0.25, 0.3) is 5.91 Å². The average Bonchev–Trinajstić information content (AvgIpc) is 3.11. The van der Waals surface area contributed by atoms with Crippen LogP contribution >= 0.6 is 0 Å². The van der Waals surface area contributed by atoms with Crippen molar-refractivity contribution in [3.8, 4) is 17.0 Å². The van der Waals surface area contributed by atoms with Crippen LogP contribution in [0.25, 0.3) is 16.9 Å². The lowest BCUT2D eigenvalue weighted by molar-refractivity contribution is -0.274. The van der Waals surface area contributed by atoms with Crippen molar-refractivity contribution in [1.29, 1.82) is 0 Å². The molecule has 2 aromatic carbocycles. The quantitative estimate of drug-likeness (QED) is 0.485. The number of aryl methyl sites for hydroxylation is 1. The van der Waals surface area contributed by atoms with Crippen LogP contribution in [0, 0.1) is 6.92 Å². The predicted molar refractivity (Wildman–Crippen MR) is 106 cm³/mol. The van der Waals surface area contributed by atoms with Gasteiger partial charge >= 0.3 is 6.36 Å². The van der Waals surface area contributed by atoms with E-state index in [4.69, 9.17) is 0 Å². The first-order valence-corrected chi connectivity index (χ1v) is 9.00. The molecule has 0 aliphatic rings. The summed E-state index contributed by atoms with van der Waals surface area (Å²) in [7, 11) is 0. The maximum absolute atomic E-state index is 12.3. The lowest BCUT2D eigenvalue weighted by Gasteiger charge is -2.09. The molecule has 2 aromatic heterocycles. The first kappa shape index (κ1) is 19.5. The molecular formula is C22H16F3N3O2. The van der Waals surface area contributed by atoms with Crippen LogP contribution in [-0.2, 0) is 0 Å². The molecule has 0 radical (unpaired) electrons. The molecule has 0 aliphatic carbocycles. The topological polar surface area (TPSA) is 55.6 Å². The Balaban J connectivity index is 1.45. The summed E-state index contributed by atoms with van der Waals surface area (Å²) in [6, 6.07) is 15.9. The first-order valence-electron chi connectivity index (χ1n) is 9.00. The maximum Gasteiger partial charge on any atom is 0.573 e. The SMILES string of the molecule is Cc1ccn2cc(-c3ccc(NC(=O)c4ccc(OC(F)(F)F)cc4)cc3)nc2c1. The number of benzene rings is 2. The molecule has 5 nitrogen and oxygen atoms in total. The van der Waals surface area contributed by atoms with Gasteiger partial charge in [-0.3, -0.25) is 4.79 Å². The van der Waals surface area contributed by atoms with Gasteiger partial charge in [0.05, 0.1) is 5.69 Å². The third-order valence-electron chi connectivity index (χ3n) is 4.40. The number of halogens is 3. The molecule has 4 aromatic rings. The van der Waals surface area contributed by atoms with Gasteiger partial charge < -0.3 is 14.5 Å². The van der Waals surface area contributed by atoms with Crippen molar-refractivity contribution in [2.75, 3.05) is 5.32 Å². The molecule has 0 fully saturated rings. The number of nitrogens with one attached hydrogen (secondary N) is 1. The second-order valence-corrected chi connectivity index (χ2v) is 6.70. The Labute approximate surface area is 169 Å². The number of nitrogens with zero attached hydrogens (tertiary/aromatic N) is 2. The Morgan fingerprint density at radius 1 is 1.03 bits per heavy atom. The van der Waals surface area contributed by atoms with Crippen LogP contribution in [0.4, 0.5) is 18.9 Å². The molecule has 0 unspecified atom stereocenters. The Hall–Kier alpha value is -3.81. The number of carbonyl (C=O) groups excluding carboxylic acids is 1. The monoisotopic (exact) mass is 411 g/mol. The van der Waals surface area contributed by atoms with E-state index in [9.17, 15) is 18.0 Å². The standard InChI is InChI=1S/C22H16F3N3O2/c1-14-10-11-28-13-19(27-20(28)12-14)15-2-6-17(7-3-15)26-21(29)16-4-8-18(9-5-16)30-22(23,24)25/h2-13H,1H3,(H,26,29). The number of rotatable bonds is 4. The molecule has 1 amide bonds. The fourth-order valence-corrected chi connectivity index (χ4v) is 2.96. The number of carbonyl (C=O) groups is 1. The van der Waals surface area contributed by atoms with Crippen LogP contribution in [0.3, 0.4) is 0 Å². The summed E-state index contributed by atoms with van der Waals surface area (Å²) < 4.78 is 42.4. The van der Waals surface area contributed by atoms with Gasteiger partial charge in [0.2, 0.25) is 0 Å². The van der Waals surface area contributed by atoms with Crippen molar-refractivity contribution in [3.63, 3.8) is 0 Å². The Morgan fingerprint density at radius 3 is 2.40 bits per heavy atom. The molecule has 2 heterocycles. The second-order valence-electron chi connectivity index (χ2n) is 6.70. The maximum atomic E-state index is 12.3. The number of anilines is 1. The lowest BCUT2D eigenvalue weighted by atomic mass is 10.1. The summed E-state index contributed by atoms with van der Waals surface area (Å²) >= 11 is 0. The molecule has 8 heteroatoms. The van der Waals surface area contributed by atoms with Crippen LogP contribution in [0.1, 0.15) is 15.9 Å². The molecule has 0 saturated carbocycles. The highest BCUT2D eigenvalue weighted by atomic mass is 19.4. The molecule has 1 N–H and O–H groups in total. The lowest BCUT2D eigenvalue weighted by Crippen LogP contribution is -2.17. The highest BCUT2D eigenvalue weighted by Gasteiger charge is 2.31. The zero-order valence-corrected chi connectivity index (χ0v) is 15.8. The minimum absolute atomic E-state index is 0.212. The Bertz CT molecular complexity index is 1200. The van der Waals surface area contributed by atoms with Crippen LogP contribution in [-0.4, -0.2) is 21.7 Å². The highest BCUT2D eigenvalue weighted by molar-refractivity contribution is 6.04. The van der Waals surface area contributed by atoms with Crippen molar-refractivity contribution in [2.45, 2.75) is 13.3 Å². The number of fused-ring (bicyclic) bond motifs is 1. The summed E-state index contributed by atoms with van der Waals surface area (Å²) in [6.45, 7) is 2.00. The van der Waals surface area contributed by atoms with Crippen molar-refractivity contribution < 1.29 is 22.7 Å². The van der Waals surface area contributed by atoms with E-state index in [1.807, 2.05) is 48.0 Å². The van der Waals surface area contributed by atoms with E-state index >= 15 is 0 Å². The highest BCUT2D eigenvalue weighted by Crippen LogP contribution is 2.24. The van der Waals surface area contributed by atoms with Crippen molar-refractivity contribution in [2.24, 2.45) is 0 Å². The summed E-state index contributed by atoms with van der Waals surface area (Å²) in [5, 5.41) is 2.71. The normalized spacial score (nSPS) is 11.5. The molecule has 0 bridgehead atoms. The number of aromatic nitrogens is 2. The summed E-state index contributed by atoms with van der Waals surface area (Å²) in [5.41, 5.74) is 4.43. The van der Waals surface area contributed by atoms with E-state index < -0.39 is 12.3 Å². The van der Waals surface area contributed by atoms with Gasteiger partial charge in [0.15, 0.2) is 0 Å². The van der Waals surface area contributed by atoms with Crippen LogP contribution in [0.5, 0.6) is 5.75 Å². The minimum atomic E-state index is -4.77. The van der Waals surface area contributed by atoms with E-state index in [0.29, 0.717) is 5.69 Å². The van der Waals surface area contributed by atoms with Gasteiger partial charge in [0.1, 0.15) is 11.4 Å². The number of ether oxygens (including phenoxy) is 1. The zero-order valence-electron chi connectivity index (χ0n) is 15.8. The predicted octanol–water partition coefficient (Wildman–Crippen LogP) is 5.46. The van der Waals surface area contributed by atoms with Gasteiger partial charge in [-0.05, 0) is 61.0 Å². The van der Waals surface area contributed by atoms with Crippen LogP contribution < -0.4 is 10.1 Å². The molecule has 0 aliphatic heterocycles. The van der Waals surface area contributed by atoms with E-state index in [1.165, 1.54) is 12.1 Å². The van der Waals surface area contributed by atoms with E-state index in [2.05, 4.69) is 15.0 Å². The van der Waals surface area contributed by atoms with Crippen LogP contribution in [0.2, 0.25) is 0 Å². The smallest absolute Gasteiger partial charge is 0.406 e. The number of hydrogen-bond donors (Lipinski definition) is 1. The van der Waals surface area contributed by atoms with Gasteiger partial charge in [-0.2, -0.15) is 0 Å². The number of pyridine rings is 1. The summed E-state index contributed by atoms with van der Waals surface area (Å²) in [4.78, 5) is 16.9. The number of hydrogen-bond acceptors (Lipinski definition) is 3. The van der Waals surface area contributed by atoms with Crippen LogP contribution in [0.15, 0.2) is 73.1 Å². The summed E-state index contributed by atoms with van der Waals surface area (Å²) in [5.74, 6) is -0.824. The molecule has 0 saturated heterocycles. The molecule has 152 valence electrons. The largest absolute Gasteiger partial charge is 0.573 e.